The van der Waals surface area contributed by atoms with E-state index in [-0.39, 0.29) is 18.6 Å². The third-order valence-corrected chi connectivity index (χ3v) is 4.94. The van der Waals surface area contributed by atoms with Crippen LogP contribution in [0.2, 0.25) is 0 Å². The van der Waals surface area contributed by atoms with Crippen LogP contribution in [0.4, 0.5) is 0 Å². The van der Waals surface area contributed by atoms with E-state index < -0.39 is 0 Å². The van der Waals surface area contributed by atoms with Gasteiger partial charge in [-0.05, 0) is 56.1 Å². The van der Waals surface area contributed by atoms with Crippen molar-refractivity contribution in [2.75, 3.05) is 6.61 Å². The van der Waals surface area contributed by atoms with Gasteiger partial charge in [-0.1, -0.05) is 24.6 Å². The van der Waals surface area contributed by atoms with Gasteiger partial charge in [0.15, 0.2) is 6.61 Å². The van der Waals surface area contributed by atoms with E-state index in [1.807, 2.05) is 30.3 Å². The summed E-state index contributed by atoms with van der Waals surface area (Å²) in [4.78, 5) is 12.0. The summed E-state index contributed by atoms with van der Waals surface area (Å²) in [5.41, 5.74) is 0. The summed E-state index contributed by atoms with van der Waals surface area (Å²) in [5, 5.41) is 3.11. The Hall–Kier alpha value is -1.51. The third-order valence-electron chi connectivity index (χ3n) is 4.94. The van der Waals surface area contributed by atoms with Gasteiger partial charge in [0.1, 0.15) is 5.75 Å². The number of nitrogens with one attached hydrogen (secondary N) is 1. The second-order valence-electron chi connectivity index (χ2n) is 6.30. The van der Waals surface area contributed by atoms with Crippen molar-refractivity contribution in [2.24, 2.45) is 17.8 Å². The molecular formula is C17H23NO2. The van der Waals surface area contributed by atoms with Gasteiger partial charge in [-0.15, -0.1) is 0 Å². The molecule has 1 aromatic rings. The molecular weight excluding hydrogens is 250 g/mol. The van der Waals surface area contributed by atoms with Crippen molar-refractivity contribution < 1.29 is 9.53 Å². The zero-order valence-corrected chi connectivity index (χ0v) is 12.0. The van der Waals surface area contributed by atoms with Crippen LogP contribution in [0.1, 0.15) is 32.6 Å². The molecule has 0 saturated heterocycles. The first-order valence-electron chi connectivity index (χ1n) is 7.69. The molecule has 2 aliphatic carbocycles. The molecule has 1 N–H and O–H groups in total. The van der Waals surface area contributed by atoms with E-state index in [9.17, 15) is 4.79 Å². The van der Waals surface area contributed by atoms with Gasteiger partial charge in [0.25, 0.3) is 5.91 Å². The maximum absolute atomic E-state index is 12.0. The van der Waals surface area contributed by atoms with E-state index in [0.717, 1.165) is 17.6 Å². The number of fused-ring (bicyclic) bond motifs is 2. The largest absolute Gasteiger partial charge is 0.484 e. The normalized spacial score (nSPS) is 29.1. The van der Waals surface area contributed by atoms with Crippen molar-refractivity contribution >= 4 is 5.91 Å². The molecule has 0 radical (unpaired) electrons. The van der Waals surface area contributed by atoms with Crippen molar-refractivity contribution in [3.63, 3.8) is 0 Å². The molecule has 3 nitrogen and oxygen atoms in total. The smallest absolute Gasteiger partial charge is 0.258 e. The SMILES string of the molecule is C[C@@H](NC(=O)COc1ccccc1)[C@@H]1C[C@H]2CC[C@H]1C2. The maximum Gasteiger partial charge on any atom is 0.258 e. The third kappa shape index (κ3) is 2.97. The van der Waals surface area contributed by atoms with E-state index >= 15 is 0 Å². The Morgan fingerprint density at radius 1 is 1.30 bits per heavy atom. The molecule has 2 saturated carbocycles. The second-order valence-corrected chi connectivity index (χ2v) is 6.30. The van der Waals surface area contributed by atoms with Gasteiger partial charge in [0, 0.05) is 6.04 Å². The number of carbonyl (C=O) groups excluding carboxylic acids is 1. The molecule has 3 rings (SSSR count). The number of para-hydroxylation sites is 1. The Morgan fingerprint density at radius 2 is 2.10 bits per heavy atom. The molecule has 2 fully saturated rings. The molecule has 0 aromatic heterocycles. The predicted octanol–water partition coefficient (Wildman–Crippen LogP) is 3.01. The minimum Gasteiger partial charge on any atom is -0.484 e. The number of amides is 1. The summed E-state index contributed by atoms with van der Waals surface area (Å²) in [5.74, 6) is 3.17. The zero-order valence-electron chi connectivity index (χ0n) is 12.0. The summed E-state index contributed by atoms with van der Waals surface area (Å²) < 4.78 is 5.48. The van der Waals surface area contributed by atoms with Crippen molar-refractivity contribution in [3.05, 3.63) is 30.3 Å². The Balaban J connectivity index is 1.44. The standard InChI is InChI=1S/C17H23NO2/c1-12(16-10-13-7-8-14(16)9-13)18-17(19)11-20-15-5-3-2-4-6-15/h2-6,12-14,16H,7-11H2,1H3,(H,18,19)/t12-,13+,14+,16+/m1/s1. The maximum atomic E-state index is 12.0. The zero-order chi connectivity index (χ0) is 13.9. The molecule has 4 atom stereocenters. The van der Waals surface area contributed by atoms with Gasteiger partial charge < -0.3 is 10.1 Å². The first-order valence-corrected chi connectivity index (χ1v) is 7.69. The molecule has 20 heavy (non-hydrogen) atoms. The van der Waals surface area contributed by atoms with Crippen LogP contribution >= 0.6 is 0 Å². The summed E-state index contributed by atoms with van der Waals surface area (Å²) in [6, 6.07) is 9.76. The van der Waals surface area contributed by atoms with Crippen molar-refractivity contribution in [1.29, 1.82) is 0 Å². The summed E-state index contributed by atoms with van der Waals surface area (Å²) in [7, 11) is 0. The molecule has 0 unspecified atom stereocenters. The van der Waals surface area contributed by atoms with E-state index in [2.05, 4.69) is 12.2 Å². The molecule has 0 aliphatic heterocycles. The average molecular weight is 273 g/mol. The predicted molar refractivity (Wildman–Crippen MR) is 78.5 cm³/mol. The fourth-order valence-corrected chi connectivity index (χ4v) is 3.97. The topological polar surface area (TPSA) is 38.3 Å². The average Bonchev–Trinajstić information content (AvgIpc) is 3.09. The minimum absolute atomic E-state index is 0.0101. The Labute approximate surface area is 120 Å². The molecule has 1 aromatic carbocycles. The fraction of sp³-hybridized carbons (Fsp3) is 0.588. The van der Waals surface area contributed by atoms with Crippen LogP contribution in [-0.2, 0) is 4.79 Å². The summed E-state index contributed by atoms with van der Waals surface area (Å²) >= 11 is 0. The quantitative estimate of drug-likeness (QED) is 0.895. The molecule has 2 aliphatic rings. The van der Waals surface area contributed by atoms with Crippen LogP contribution in [0.15, 0.2) is 30.3 Å². The van der Waals surface area contributed by atoms with Crippen LogP contribution in [0.25, 0.3) is 0 Å². The number of carbonyl (C=O) groups is 1. The minimum atomic E-state index is -0.0101. The van der Waals surface area contributed by atoms with Gasteiger partial charge >= 0.3 is 0 Å². The van der Waals surface area contributed by atoms with Crippen molar-refractivity contribution in [3.8, 4) is 5.75 Å². The first-order chi connectivity index (χ1) is 9.72. The molecule has 2 bridgehead atoms. The lowest BCUT2D eigenvalue weighted by Crippen LogP contribution is -2.42. The molecule has 0 heterocycles. The Kier molecular flexibility index (Phi) is 3.95. The number of hydrogen-bond acceptors (Lipinski definition) is 2. The van der Waals surface area contributed by atoms with E-state index in [1.54, 1.807) is 0 Å². The number of ether oxygens (including phenoxy) is 1. The van der Waals surface area contributed by atoms with E-state index in [0.29, 0.717) is 5.92 Å². The number of rotatable bonds is 5. The van der Waals surface area contributed by atoms with Gasteiger partial charge in [0.05, 0.1) is 0 Å². The molecule has 108 valence electrons. The summed E-state index contributed by atoms with van der Waals surface area (Å²) in [6.07, 6.45) is 5.44. The van der Waals surface area contributed by atoms with E-state index in [1.165, 1.54) is 25.7 Å². The van der Waals surface area contributed by atoms with Crippen LogP contribution in [0, 0.1) is 17.8 Å². The molecule has 1 amide bonds. The Morgan fingerprint density at radius 3 is 2.75 bits per heavy atom. The van der Waals surface area contributed by atoms with Crippen LogP contribution in [-0.4, -0.2) is 18.6 Å². The second kappa shape index (κ2) is 5.86. The van der Waals surface area contributed by atoms with Gasteiger partial charge in [-0.25, -0.2) is 0 Å². The highest BCUT2D eigenvalue weighted by Gasteiger charge is 2.42. The monoisotopic (exact) mass is 273 g/mol. The van der Waals surface area contributed by atoms with Crippen molar-refractivity contribution in [1.82, 2.24) is 5.32 Å². The Bertz CT molecular complexity index is 459. The fourth-order valence-electron chi connectivity index (χ4n) is 3.97. The van der Waals surface area contributed by atoms with Crippen LogP contribution in [0.3, 0.4) is 0 Å². The highest BCUT2D eigenvalue weighted by molar-refractivity contribution is 5.77. The highest BCUT2D eigenvalue weighted by Crippen LogP contribution is 2.49. The van der Waals surface area contributed by atoms with Crippen LogP contribution in [0.5, 0.6) is 5.75 Å². The summed E-state index contributed by atoms with van der Waals surface area (Å²) in [6.45, 7) is 2.25. The lowest BCUT2D eigenvalue weighted by atomic mass is 9.84. The first kappa shape index (κ1) is 13.5. The molecule has 0 spiro atoms. The van der Waals surface area contributed by atoms with E-state index in [4.69, 9.17) is 4.74 Å². The number of benzene rings is 1. The van der Waals surface area contributed by atoms with Gasteiger partial charge in [0.2, 0.25) is 0 Å². The van der Waals surface area contributed by atoms with Gasteiger partial charge in [-0.3, -0.25) is 4.79 Å². The highest BCUT2D eigenvalue weighted by atomic mass is 16.5. The number of hydrogen-bond donors (Lipinski definition) is 1. The van der Waals surface area contributed by atoms with Crippen molar-refractivity contribution in [2.45, 2.75) is 38.6 Å². The lowest BCUT2D eigenvalue weighted by molar-refractivity contribution is -0.124. The van der Waals surface area contributed by atoms with Gasteiger partial charge in [-0.2, -0.15) is 0 Å². The van der Waals surface area contributed by atoms with Crippen LogP contribution < -0.4 is 10.1 Å². The lowest BCUT2D eigenvalue weighted by Gasteiger charge is -2.28. The molecule has 3 heteroatoms.